The van der Waals surface area contributed by atoms with Crippen molar-refractivity contribution in [3.05, 3.63) is 59.0 Å². The van der Waals surface area contributed by atoms with Crippen LogP contribution in [0.25, 0.3) is 10.1 Å². The quantitative estimate of drug-likeness (QED) is 0.594. The van der Waals surface area contributed by atoms with Crippen molar-refractivity contribution in [1.29, 1.82) is 0 Å². The predicted octanol–water partition coefficient (Wildman–Crippen LogP) is 4.66. The van der Waals surface area contributed by atoms with E-state index in [1.165, 1.54) is 15.6 Å². The number of hydrogen-bond donors (Lipinski definition) is 0. The number of sulfonamides is 1. The van der Waals surface area contributed by atoms with Crippen molar-refractivity contribution in [2.45, 2.75) is 31.6 Å². The number of benzene rings is 2. The van der Waals surface area contributed by atoms with Gasteiger partial charge < -0.3 is 4.90 Å². The van der Waals surface area contributed by atoms with E-state index < -0.39 is 10.0 Å². The normalized spacial score (nSPS) is 14.5. The zero-order valence-corrected chi connectivity index (χ0v) is 18.2. The minimum Gasteiger partial charge on any atom is -0.338 e. The summed E-state index contributed by atoms with van der Waals surface area (Å²) in [6, 6.07) is 14.4. The molecular weight excluding hydrogens is 404 g/mol. The molecule has 1 amide bonds. The topological polar surface area (TPSA) is 57.7 Å². The third-order valence-electron chi connectivity index (χ3n) is 5.29. The minimum atomic E-state index is -3.65. The van der Waals surface area contributed by atoms with E-state index in [4.69, 9.17) is 0 Å². The van der Waals surface area contributed by atoms with E-state index in [1.54, 1.807) is 24.3 Å². The molecule has 1 fully saturated rings. The first-order valence-electron chi connectivity index (χ1n) is 9.82. The fourth-order valence-electron chi connectivity index (χ4n) is 3.70. The van der Waals surface area contributed by atoms with Crippen molar-refractivity contribution in [3.8, 4) is 0 Å². The van der Waals surface area contributed by atoms with E-state index in [1.807, 2.05) is 43.0 Å². The number of amides is 1. The van der Waals surface area contributed by atoms with Crippen LogP contribution in [0.3, 0.4) is 0 Å². The summed E-state index contributed by atoms with van der Waals surface area (Å²) < 4.78 is 28.7. The number of hydrogen-bond acceptors (Lipinski definition) is 4. The van der Waals surface area contributed by atoms with E-state index in [2.05, 4.69) is 0 Å². The van der Waals surface area contributed by atoms with E-state index in [-0.39, 0.29) is 10.8 Å². The number of rotatable bonds is 5. The lowest BCUT2D eigenvalue weighted by Crippen LogP contribution is -2.30. The van der Waals surface area contributed by atoms with Gasteiger partial charge in [-0.3, -0.25) is 9.10 Å². The van der Waals surface area contributed by atoms with Crippen molar-refractivity contribution in [1.82, 2.24) is 4.90 Å². The number of thiophene rings is 1. The van der Waals surface area contributed by atoms with Crippen LogP contribution in [0.5, 0.6) is 0 Å². The molecule has 0 N–H and O–H groups in total. The Kier molecular flexibility index (Phi) is 5.36. The van der Waals surface area contributed by atoms with Crippen molar-refractivity contribution >= 4 is 43.0 Å². The fraction of sp³-hybridized carbons (Fsp3) is 0.318. The lowest BCUT2D eigenvalue weighted by atomic mass is 10.2. The molecule has 0 bridgehead atoms. The number of anilines is 1. The Bertz CT molecular complexity index is 1140. The van der Waals surface area contributed by atoms with E-state index in [0.29, 0.717) is 17.1 Å². The Morgan fingerprint density at radius 2 is 1.76 bits per heavy atom. The van der Waals surface area contributed by atoms with E-state index in [0.717, 1.165) is 41.6 Å². The summed E-state index contributed by atoms with van der Waals surface area (Å²) in [5.41, 5.74) is 1.63. The van der Waals surface area contributed by atoms with Gasteiger partial charge in [-0.15, -0.1) is 11.3 Å². The average Bonchev–Trinajstić information content (AvgIpc) is 3.38. The summed E-state index contributed by atoms with van der Waals surface area (Å²) in [5, 5.41) is 0.896. The number of aryl methyl sites for hydroxylation is 1. The maximum absolute atomic E-state index is 13.2. The highest BCUT2D eigenvalue weighted by Gasteiger charge is 2.25. The summed E-state index contributed by atoms with van der Waals surface area (Å²) in [5.74, 6) is 0.0740. The molecule has 0 spiro atoms. The molecule has 0 unspecified atom stereocenters. The molecule has 0 saturated carbocycles. The summed E-state index contributed by atoms with van der Waals surface area (Å²) in [6.45, 7) is 5.71. The highest BCUT2D eigenvalue weighted by atomic mass is 32.2. The summed E-state index contributed by atoms with van der Waals surface area (Å²) in [4.78, 5) is 15.6. The second-order valence-corrected chi connectivity index (χ2v) is 10.3. The number of carbonyl (C=O) groups is 1. The van der Waals surface area contributed by atoms with E-state index in [9.17, 15) is 13.2 Å². The highest BCUT2D eigenvalue weighted by molar-refractivity contribution is 7.92. The minimum absolute atomic E-state index is 0.0740. The molecule has 7 heteroatoms. The standard InChI is InChI=1S/C22H24N2O3S2/c1-3-24(29(26,27)19-9-6-16(2)7-10-19)18-8-11-20-17(14-18)15-21(28-20)22(25)23-12-4-5-13-23/h6-11,14-15H,3-5,12-13H2,1-2H3. The first-order chi connectivity index (χ1) is 13.9. The number of nitrogens with zero attached hydrogens (tertiary/aromatic N) is 2. The number of carbonyl (C=O) groups excluding carboxylic acids is 1. The Balaban J connectivity index is 1.68. The molecule has 4 rings (SSSR count). The van der Waals surface area contributed by atoms with Gasteiger partial charge in [0.1, 0.15) is 0 Å². The summed E-state index contributed by atoms with van der Waals surface area (Å²) in [6.07, 6.45) is 2.12. The molecule has 0 atom stereocenters. The molecule has 2 heterocycles. The van der Waals surface area contributed by atoms with Crippen LogP contribution in [0.4, 0.5) is 5.69 Å². The van der Waals surface area contributed by atoms with Crippen LogP contribution in [-0.4, -0.2) is 38.9 Å². The monoisotopic (exact) mass is 428 g/mol. The van der Waals surface area contributed by atoms with Crippen molar-refractivity contribution < 1.29 is 13.2 Å². The molecule has 1 saturated heterocycles. The molecule has 152 valence electrons. The van der Waals surface area contributed by atoms with Gasteiger partial charge in [0.05, 0.1) is 15.5 Å². The number of fused-ring (bicyclic) bond motifs is 1. The average molecular weight is 429 g/mol. The smallest absolute Gasteiger partial charge is 0.264 e. The van der Waals surface area contributed by atoms with Crippen LogP contribution >= 0.6 is 11.3 Å². The Morgan fingerprint density at radius 1 is 1.07 bits per heavy atom. The van der Waals surface area contributed by atoms with Gasteiger partial charge in [-0.1, -0.05) is 17.7 Å². The van der Waals surface area contributed by atoms with Gasteiger partial charge in [-0.25, -0.2) is 8.42 Å². The summed E-state index contributed by atoms with van der Waals surface area (Å²) >= 11 is 1.47. The van der Waals surface area contributed by atoms with Crippen LogP contribution in [-0.2, 0) is 10.0 Å². The number of likely N-dealkylation sites (tertiary alicyclic amines) is 1. The first-order valence-corrected chi connectivity index (χ1v) is 12.1. The van der Waals surface area contributed by atoms with Crippen molar-refractivity contribution in [2.75, 3.05) is 23.9 Å². The predicted molar refractivity (Wildman–Crippen MR) is 118 cm³/mol. The second kappa shape index (κ2) is 7.80. The molecule has 1 aliphatic heterocycles. The van der Waals surface area contributed by atoms with Crippen LogP contribution in [0, 0.1) is 6.92 Å². The largest absolute Gasteiger partial charge is 0.338 e. The molecule has 3 aromatic rings. The Labute approximate surface area is 175 Å². The van der Waals surface area contributed by atoms with Gasteiger partial charge in [-0.05, 0) is 68.5 Å². The van der Waals surface area contributed by atoms with Crippen molar-refractivity contribution in [3.63, 3.8) is 0 Å². The molecule has 5 nitrogen and oxygen atoms in total. The molecule has 1 aromatic heterocycles. The second-order valence-electron chi connectivity index (χ2n) is 7.31. The van der Waals surface area contributed by atoms with E-state index >= 15 is 0 Å². The molecule has 0 radical (unpaired) electrons. The summed E-state index contributed by atoms with van der Waals surface area (Å²) in [7, 11) is -3.65. The molecule has 1 aliphatic rings. The van der Waals surface area contributed by atoms with Crippen molar-refractivity contribution in [2.24, 2.45) is 0 Å². The van der Waals surface area contributed by atoms with Gasteiger partial charge in [0.25, 0.3) is 15.9 Å². The van der Waals surface area contributed by atoms with Gasteiger partial charge in [0.2, 0.25) is 0 Å². The molecular formula is C22H24N2O3S2. The zero-order valence-electron chi connectivity index (χ0n) is 16.6. The molecule has 2 aromatic carbocycles. The van der Waals surface area contributed by atoms with Gasteiger partial charge >= 0.3 is 0 Å². The lowest BCUT2D eigenvalue weighted by Gasteiger charge is -2.23. The van der Waals surface area contributed by atoms with Gasteiger partial charge in [0.15, 0.2) is 0 Å². The highest BCUT2D eigenvalue weighted by Crippen LogP contribution is 2.32. The third-order valence-corrected chi connectivity index (χ3v) is 8.31. The third kappa shape index (κ3) is 3.76. The van der Waals surface area contributed by atoms with Crippen LogP contribution in [0.1, 0.15) is 35.0 Å². The molecule has 29 heavy (non-hydrogen) atoms. The van der Waals surface area contributed by atoms with Gasteiger partial charge in [0, 0.05) is 24.3 Å². The van der Waals surface area contributed by atoms with Gasteiger partial charge in [-0.2, -0.15) is 0 Å². The Morgan fingerprint density at radius 3 is 2.41 bits per heavy atom. The first kappa shape index (κ1) is 19.9. The fourth-order valence-corrected chi connectivity index (χ4v) is 6.17. The zero-order chi connectivity index (χ0) is 20.6. The maximum Gasteiger partial charge on any atom is 0.264 e. The lowest BCUT2D eigenvalue weighted by molar-refractivity contribution is 0.0797. The van der Waals surface area contributed by atoms with Crippen LogP contribution < -0.4 is 4.31 Å². The van der Waals surface area contributed by atoms with Crippen LogP contribution in [0.15, 0.2) is 53.4 Å². The van der Waals surface area contributed by atoms with Crippen LogP contribution in [0.2, 0.25) is 0 Å². The Hall–Kier alpha value is -2.38. The SMILES string of the molecule is CCN(c1ccc2sc(C(=O)N3CCCC3)cc2c1)S(=O)(=O)c1ccc(C)cc1. The molecule has 0 aliphatic carbocycles. The maximum atomic E-state index is 13.2.